The van der Waals surface area contributed by atoms with E-state index in [2.05, 4.69) is 22.1 Å². The van der Waals surface area contributed by atoms with Crippen LogP contribution in [0.2, 0.25) is 0 Å². The van der Waals surface area contributed by atoms with Crippen molar-refractivity contribution < 1.29 is 4.74 Å². The molecule has 0 aromatic carbocycles. The zero-order chi connectivity index (χ0) is 12.8. The molecule has 0 aliphatic carbocycles. The Kier molecular flexibility index (Phi) is 4.81. The van der Waals surface area contributed by atoms with Crippen LogP contribution in [-0.2, 0) is 0 Å². The molecule has 1 fully saturated rings. The lowest BCUT2D eigenvalue weighted by Gasteiger charge is -2.32. The van der Waals surface area contributed by atoms with Crippen LogP contribution in [0.15, 0.2) is 18.3 Å². The largest absolute Gasteiger partial charge is 0.493 e. The second-order valence-corrected chi connectivity index (χ2v) is 4.88. The van der Waals surface area contributed by atoms with Crippen molar-refractivity contribution in [3.05, 3.63) is 18.3 Å². The lowest BCUT2D eigenvalue weighted by molar-refractivity contribution is 0.180. The quantitative estimate of drug-likeness (QED) is 0.869. The molecule has 4 heteroatoms. The number of anilines is 1. The van der Waals surface area contributed by atoms with E-state index in [1.54, 1.807) is 13.3 Å². The lowest BCUT2D eigenvalue weighted by Crippen LogP contribution is -2.41. The lowest BCUT2D eigenvalue weighted by atomic mass is 10.1. The minimum atomic E-state index is 0.539. The molecular weight excluding hydrogens is 226 g/mol. The van der Waals surface area contributed by atoms with Crippen LogP contribution in [0, 0.1) is 0 Å². The molecule has 0 spiro atoms. The SMILES string of the molecule is COc1cccnc1NCC(C)N1CCCCC1. The van der Waals surface area contributed by atoms with Gasteiger partial charge in [-0.05, 0) is 45.0 Å². The molecule has 2 heterocycles. The number of aromatic nitrogens is 1. The average molecular weight is 249 g/mol. The molecule has 1 saturated heterocycles. The maximum Gasteiger partial charge on any atom is 0.168 e. The number of hydrogen-bond acceptors (Lipinski definition) is 4. The molecule has 0 radical (unpaired) electrons. The first-order valence-corrected chi connectivity index (χ1v) is 6.78. The summed E-state index contributed by atoms with van der Waals surface area (Å²) in [5, 5.41) is 3.38. The van der Waals surface area contributed by atoms with Crippen LogP contribution >= 0.6 is 0 Å². The average Bonchev–Trinajstić information content (AvgIpc) is 2.46. The highest BCUT2D eigenvalue weighted by Crippen LogP contribution is 2.20. The summed E-state index contributed by atoms with van der Waals surface area (Å²) in [7, 11) is 1.68. The van der Waals surface area contributed by atoms with Crippen LogP contribution in [0.1, 0.15) is 26.2 Å². The molecule has 1 aromatic heterocycles. The third kappa shape index (κ3) is 3.35. The van der Waals surface area contributed by atoms with E-state index >= 15 is 0 Å². The van der Waals surface area contributed by atoms with Crippen molar-refractivity contribution in [3.63, 3.8) is 0 Å². The molecule has 1 N–H and O–H groups in total. The first-order valence-electron chi connectivity index (χ1n) is 6.78. The smallest absolute Gasteiger partial charge is 0.168 e. The third-order valence-corrected chi connectivity index (χ3v) is 3.57. The van der Waals surface area contributed by atoms with Crippen molar-refractivity contribution in [3.8, 4) is 5.75 Å². The molecular formula is C14H23N3O. The van der Waals surface area contributed by atoms with E-state index in [-0.39, 0.29) is 0 Å². The predicted molar refractivity (Wildman–Crippen MR) is 74.2 cm³/mol. The Morgan fingerprint density at radius 3 is 2.89 bits per heavy atom. The summed E-state index contributed by atoms with van der Waals surface area (Å²) >= 11 is 0. The first kappa shape index (κ1) is 13.1. The Balaban J connectivity index is 1.86. The summed E-state index contributed by atoms with van der Waals surface area (Å²) in [5.41, 5.74) is 0. The Morgan fingerprint density at radius 1 is 1.39 bits per heavy atom. The van der Waals surface area contributed by atoms with Crippen molar-refractivity contribution in [1.29, 1.82) is 0 Å². The van der Waals surface area contributed by atoms with Crippen LogP contribution in [0.4, 0.5) is 5.82 Å². The topological polar surface area (TPSA) is 37.4 Å². The monoisotopic (exact) mass is 249 g/mol. The molecule has 100 valence electrons. The standard InChI is InChI=1S/C14H23N3O/c1-12(17-9-4-3-5-10-17)11-16-14-13(18-2)7-6-8-15-14/h6-8,12H,3-5,9-11H2,1-2H3,(H,15,16). The number of methoxy groups -OCH3 is 1. The van der Waals surface area contributed by atoms with Gasteiger partial charge in [-0.2, -0.15) is 0 Å². The van der Waals surface area contributed by atoms with Crippen molar-refractivity contribution in [1.82, 2.24) is 9.88 Å². The van der Waals surface area contributed by atoms with Gasteiger partial charge in [0, 0.05) is 18.8 Å². The van der Waals surface area contributed by atoms with Gasteiger partial charge in [0.2, 0.25) is 0 Å². The van der Waals surface area contributed by atoms with Crippen LogP contribution in [0.5, 0.6) is 5.75 Å². The number of nitrogens with zero attached hydrogens (tertiary/aromatic N) is 2. The van der Waals surface area contributed by atoms with Crippen molar-refractivity contribution in [2.24, 2.45) is 0 Å². The zero-order valence-corrected chi connectivity index (χ0v) is 11.4. The van der Waals surface area contributed by atoms with Crippen molar-refractivity contribution in [2.75, 3.05) is 32.1 Å². The highest BCUT2D eigenvalue weighted by Gasteiger charge is 2.16. The van der Waals surface area contributed by atoms with E-state index in [0.29, 0.717) is 6.04 Å². The molecule has 1 aromatic rings. The molecule has 4 nitrogen and oxygen atoms in total. The van der Waals surface area contributed by atoms with Crippen LogP contribution in [0.25, 0.3) is 0 Å². The third-order valence-electron chi connectivity index (χ3n) is 3.57. The van der Waals surface area contributed by atoms with Gasteiger partial charge in [0.05, 0.1) is 7.11 Å². The van der Waals surface area contributed by atoms with Gasteiger partial charge < -0.3 is 10.1 Å². The van der Waals surface area contributed by atoms with Crippen LogP contribution in [-0.4, -0.2) is 42.7 Å². The molecule has 18 heavy (non-hydrogen) atoms. The van der Waals surface area contributed by atoms with E-state index < -0.39 is 0 Å². The number of likely N-dealkylation sites (tertiary alicyclic amines) is 1. The summed E-state index contributed by atoms with van der Waals surface area (Å²) in [5.74, 6) is 1.65. The Hall–Kier alpha value is -1.29. The van der Waals surface area contributed by atoms with Gasteiger partial charge in [0.15, 0.2) is 11.6 Å². The summed E-state index contributed by atoms with van der Waals surface area (Å²) in [6.07, 6.45) is 5.83. The van der Waals surface area contributed by atoms with Gasteiger partial charge in [-0.15, -0.1) is 0 Å². The Morgan fingerprint density at radius 2 is 2.17 bits per heavy atom. The van der Waals surface area contributed by atoms with E-state index in [0.717, 1.165) is 18.1 Å². The fourth-order valence-electron chi connectivity index (χ4n) is 2.42. The normalized spacial score (nSPS) is 18.3. The second kappa shape index (κ2) is 6.59. The minimum Gasteiger partial charge on any atom is -0.493 e. The summed E-state index contributed by atoms with van der Waals surface area (Å²) in [6, 6.07) is 4.36. The molecule has 0 amide bonds. The Bertz CT molecular complexity index is 364. The van der Waals surface area contributed by atoms with E-state index in [4.69, 9.17) is 4.74 Å². The minimum absolute atomic E-state index is 0.539. The van der Waals surface area contributed by atoms with Gasteiger partial charge in [0.25, 0.3) is 0 Å². The molecule has 1 aliphatic rings. The highest BCUT2D eigenvalue weighted by atomic mass is 16.5. The van der Waals surface area contributed by atoms with Gasteiger partial charge in [-0.25, -0.2) is 4.98 Å². The predicted octanol–water partition coefficient (Wildman–Crippen LogP) is 2.38. The number of ether oxygens (including phenoxy) is 1. The zero-order valence-electron chi connectivity index (χ0n) is 11.4. The number of hydrogen-bond donors (Lipinski definition) is 1. The first-order chi connectivity index (χ1) is 8.81. The van der Waals surface area contributed by atoms with Crippen LogP contribution in [0.3, 0.4) is 0 Å². The molecule has 1 aliphatic heterocycles. The number of pyridine rings is 1. The van der Waals surface area contributed by atoms with Crippen molar-refractivity contribution >= 4 is 5.82 Å². The maximum absolute atomic E-state index is 5.28. The van der Waals surface area contributed by atoms with E-state index in [9.17, 15) is 0 Å². The molecule has 1 unspecified atom stereocenters. The number of nitrogens with one attached hydrogen (secondary N) is 1. The molecule has 2 rings (SSSR count). The summed E-state index contributed by atoms with van der Waals surface area (Å²) in [4.78, 5) is 6.86. The van der Waals surface area contributed by atoms with E-state index in [1.165, 1.54) is 32.4 Å². The summed E-state index contributed by atoms with van der Waals surface area (Å²) < 4.78 is 5.28. The van der Waals surface area contributed by atoms with E-state index in [1.807, 2.05) is 12.1 Å². The fraction of sp³-hybridized carbons (Fsp3) is 0.643. The van der Waals surface area contributed by atoms with Crippen molar-refractivity contribution in [2.45, 2.75) is 32.2 Å². The summed E-state index contributed by atoms with van der Waals surface area (Å²) in [6.45, 7) is 5.63. The fourth-order valence-corrected chi connectivity index (χ4v) is 2.42. The van der Waals surface area contributed by atoms with Gasteiger partial charge in [-0.3, -0.25) is 4.90 Å². The van der Waals surface area contributed by atoms with Crippen LogP contribution < -0.4 is 10.1 Å². The Labute approximate surface area is 109 Å². The highest BCUT2D eigenvalue weighted by molar-refractivity contribution is 5.49. The molecule has 0 bridgehead atoms. The van der Waals surface area contributed by atoms with Gasteiger partial charge in [-0.1, -0.05) is 6.42 Å². The molecule has 1 atom stereocenters. The van der Waals surface area contributed by atoms with Gasteiger partial charge in [0.1, 0.15) is 0 Å². The van der Waals surface area contributed by atoms with Gasteiger partial charge >= 0.3 is 0 Å². The number of rotatable bonds is 5. The molecule has 0 saturated carbocycles. The second-order valence-electron chi connectivity index (χ2n) is 4.88. The number of piperidine rings is 1. The maximum atomic E-state index is 5.28.